The Hall–Kier alpha value is -2.27. The van der Waals surface area contributed by atoms with E-state index in [-0.39, 0.29) is 17.4 Å². The molecular weight excluding hydrogens is 420 g/mol. The van der Waals surface area contributed by atoms with Crippen molar-refractivity contribution in [3.8, 4) is 0 Å². The van der Waals surface area contributed by atoms with Crippen LogP contribution >= 0.6 is 0 Å². The molecule has 1 heterocycles. The molecule has 5 atom stereocenters. The molecule has 3 N–H and O–H groups in total. The summed E-state index contributed by atoms with van der Waals surface area (Å²) >= 11 is 0. The van der Waals surface area contributed by atoms with Crippen molar-refractivity contribution in [2.75, 3.05) is 14.1 Å². The molecule has 0 amide bonds. The summed E-state index contributed by atoms with van der Waals surface area (Å²) in [5, 5.41) is 26.2. The van der Waals surface area contributed by atoms with Crippen molar-refractivity contribution < 1.29 is 10.2 Å². The van der Waals surface area contributed by atoms with E-state index in [1.165, 1.54) is 16.7 Å². The Kier molecular flexibility index (Phi) is 6.26. The maximum Gasteiger partial charge on any atom is 0.0933 e. The number of aromatic nitrogens is 1. The van der Waals surface area contributed by atoms with Crippen LogP contribution in [0, 0.1) is 17.3 Å². The minimum Gasteiger partial charge on any atom is -0.393 e. The Balaban J connectivity index is 0.000000764. The van der Waals surface area contributed by atoms with Crippen molar-refractivity contribution in [2.45, 2.75) is 63.6 Å². The summed E-state index contributed by atoms with van der Waals surface area (Å²) in [4.78, 5) is 4.56. The third-order valence-corrected chi connectivity index (χ3v) is 8.74. The second-order valence-electron chi connectivity index (χ2n) is 10.9. The van der Waals surface area contributed by atoms with Gasteiger partial charge in [-0.3, -0.25) is 4.98 Å². The van der Waals surface area contributed by atoms with Crippen molar-refractivity contribution in [3.63, 3.8) is 0 Å². The minimum absolute atomic E-state index is 0.0752. The van der Waals surface area contributed by atoms with Gasteiger partial charge in [0.2, 0.25) is 0 Å². The van der Waals surface area contributed by atoms with E-state index >= 15 is 0 Å². The Morgan fingerprint density at radius 3 is 2.74 bits per heavy atom. The van der Waals surface area contributed by atoms with E-state index in [1.807, 2.05) is 26.4 Å². The number of aliphatic hydroxyl groups excluding tert-OH is 1. The number of hydrogen-bond donors (Lipinski definition) is 3. The predicted octanol–water partition coefficient (Wildman–Crippen LogP) is 5.42. The van der Waals surface area contributed by atoms with Gasteiger partial charge < -0.3 is 15.5 Å². The first-order chi connectivity index (χ1) is 16.4. The molecule has 6 rings (SSSR count). The second-order valence-corrected chi connectivity index (χ2v) is 10.9. The number of pyridine rings is 1. The number of rotatable bonds is 1. The van der Waals surface area contributed by atoms with Crippen LogP contribution in [0.1, 0.15) is 57.4 Å². The number of fused-ring (bicyclic) bond motifs is 5. The molecule has 4 unspecified atom stereocenters. The quantitative estimate of drug-likeness (QED) is 0.534. The van der Waals surface area contributed by atoms with Gasteiger partial charge in [0.1, 0.15) is 0 Å². The maximum atomic E-state index is 12.1. The number of aliphatic hydroxyl groups is 2. The SMILES string of the molecule is CC12CC=C3C=C4CC(O)CCC4CC[C@]3(O)C1CC=C2c1ccc2cccnc2c1.CNC. The van der Waals surface area contributed by atoms with Gasteiger partial charge in [0.15, 0.2) is 0 Å². The highest BCUT2D eigenvalue weighted by Gasteiger charge is 2.55. The average molecular weight is 459 g/mol. The molecule has 1 aromatic carbocycles. The molecule has 0 saturated heterocycles. The number of nitrogens with one attached hydrogen (secondary N) is 1. The Bertz CT molecular complexity index is 1170. The Morgan fingerprint density at radius 1 is 1.09 bits per heavy atom. The molecule has 1 aromatic heterocycles. The van der Waals surface area contributed by atoms with Crippen LogP contribution in [0.25, 0.3) is 16.5 Å². The number of nitrogens with zero attached hydrogens (tertiary/aromatic N) is 1. The molecule has 0 bridgehead atoms. The van der Waals surface area contributed by atoms with Crippen LogP contribution in [-0.2, 0) is 0 Å². The lowest BCUT2D eigenvalue weighted by Crippen LogP contribution is -2.48. The molecule has 1 saturated carbocycles. The summed E-state index contributed by atoms with van der Waals surface area (Å²) in [6, 6.07) is 10.7. The molecule has 4 nitrogen and oxygen atoms in total. The van der Waals surface area contributed by atoms with Gasteiger partial charge in [0, 0.05) is 22.9 Å². The summed E-state index contributed by atoms with van der Waals surface area (Å²) in [5.74, 6) is 0.710. The standard InChI is InChI=1S/C28H31NO2.C2H7N/c1-27-12-11-22-15-21-16-23(30)7-6-18(21)10-13-28(22,31)26(27)9-8-24(27)20-5-4-19-3-2-14-29-25(19)17-20;1-3-2/h2-5,8,11,14-15,17-18,23,26,30-31H,6-7,9-10,12-13,16H2,1H3;3H,1-2H3/t18?,23?,26?,27?,28-;/m1./s1. The van der Waals surface area contributed by atoms with Gasteiger partial charge in [-0.1, -0.05) is 48.9 Å². The van der Waals surface area contributed by atoms with Crippen LogP contribution in [0.4, 0.5) is 0 Å². The van der Waals surface area contributed by atoms with Crippen molar-refractivity contribution >= 4 is 16.5 Å². The van der Waals surface area contributed by atoms with Crippen LogP contribution < -0.4 is 5.32 Å². The van der Waals surface area contributed by atoms with Gasteiger partial charge in [0.25, 0.3) is 0 Å². The summed E-state index contributed by atoms with van der Waals surface area (Å²) in [6.07, 6.45) is 15.0. The van der Waals surface area contributed by atoms with E-state index in [2.05, 4.69) is 59.7 Å². The molecule has 4 aliphatic carbocycles. The highest BCUT2D eigenvalue weighted by atomic mass is 16.3. The lowest BCUT2D eigenvalue weighted by atomic mass is 9.58. The zero-order valence-electron chi connectivity index (χ0n) is 20.7. The fourth-order valence-electron chi connectivity index (χ4n) is 7.00. The first kappa shape index (κ1) is 23.5. The largest absolute Gasteiger partial charge is 0.393 e. The van der Waals surface area contributed by atoms with E-state index in [4.69, 9.17) is 0 Å². The number of benzene rings is 1. The van der Waals surface area contributed by atoms with E-state index < -0.39 is 5.60 Å². The average Bonchev–Trinajstić information content (AvgIpc) is 3.11. The normalized spacial score (nSPS) is 34.4. The van der Waals surface area contributed by atoms with E-state index in [1.54, 1.807) is 0 Å². The third kappa shape index (κ3) is 3.86. The summed E-state index contributed by atoms with van der Waals surface area (Å²) in [5.41, 5.74) is 5.23. The predicted molar refractivity (Wildman–Crippen MR) is 139 cm³/mol. The fraction of sp³-hybridized carbons (Fsp3) is 0.500. The summed E-state index contributed by atoms with van der Waals surface area (Å²) in [7, 11) is 3.75. The number of hydrogen-bond acceptors (Lipinski definition) is 4. The van der Waals surface area contributed by atoms with Crippen LogP contribution in [-0.4, -0.2) is 41.0 Å². The monoisotopic (exact) mass is 458 g/mol. The van der Waals surface area contributed by atoms with Crippen molar-refractivity contribution in [2.24, 2.45) is 17.3 Å². The molecule has 180 valence electrons. The molecule has 4 aliphatic rings. The lowest BCUT2D eigenvalue weighted by Gasteiger charge is -2.48. The highest BCUT2D eigenvalue weighted by Crippen LogP contribution is 2.61. The first-order valence-electron chi connectivity index (χ1n) is 12.8. The fourth-order valence-corrected chi connectivity index (χ4v) is 7.00. The minimum atomic E-state index is -0.782. The second kappa shape index (κ2) is 9.07. The summed E-state index contributed by atoms with van der Waals surface area (Å²) in [6.45, 7) is 2.35. The molecule has 4 heteroatoms. The molecule has 2 aromatic rings. The van der Waals surface area contributed by atoms with Gasteiger partial charge in [0.05, 0.1) is 17.2 Å². The van der Waals surface area contributed by atoms with Gasteiger partial charge in [-0.15, -0.1) is 0 Å². The van der Waals surface area contributed by atoms with Gasteiger partial charge >= 0.3 is 0 Å². The van der Waals surface area contributed by atoms with Gasteiger partial charge in [-0.25, -0.2) is 0 Å². The highest BCUT2D eigenvalue weighted by molar-refractivity contribution is 5.85. The number of allylic oxidation sites excluding steroid dienone is 3. The zero-order valence-corrected chi connectivity index (χ0v) is 20.7. The smallest absolute Gasteiger partial charge is 0.0933 e. The third-order valence-electron chi connectivity index (χ3n) is 8.74. The molecule has 0 aliphatic heterocycles. The lowest BCUT2D eigenvalue weighted by molar-refractivity contribution is -0.0330. The van der Waals surface area contributed by atoms with Crippen LogP contribution in [0.2, 0.25) is 0 Å². The van der Waals surface area contributed by atoms with Crippen LogP contribution in [0.5, 0.6) is 0 Å². The topological polar surface area (TPSA) is 65.4 Å². The zero-order chi connectivity index (χ0) is 23.9. The van der Waals surface area contributed by atoms with Crippen molar-refractivity contribution in [1.82, 2.24) is 10.3 Å². The van der Waals surface area contributed by atoms with E-state index in [0.717, 1.165) is 61.4 Å². The Morgan fingerprint density at radius 2 is 1.91 bits per heavy atom. The Labute approximate surface area is 203 Å². The molecule has 0 radical (unpaired) electrons. The summed E-state index contributed by atoms with van der Waals surface area (Å²) < 4.78 is 0. The first-order valence-corrected chi connectivity index (χ1v) is 12.8. The van der Waals surface area contributed by atoms with Gasteiger partial charge in [-0.2, -0.15) is 0 Å². The van der Waals surface area contributed by atoms with E-state index in [0.29, 0.717) is 5.92 Å². The molecule has 0 spiro atoms. The maximum absolute atomic E-state index is 12.1. The molecule has 1 fully saturated rings. The van der Waals surface area contributed by atoms with Gasteiger partial charge in [-0.05, 0) is 93.8 Å². The molecule has 34 heavy (non-hydrogen) atoms. The molecular formula is C30H38N2O2. The van der Waals surface area contributed by atoms with Crippen LogP contribution in [0.3, 0.4) is 0 Å². The van der Waals surface area contributed by atoms with Crippen molar-refractivity contribution in [1.29, 1.82) is 0 Å². The van der Waals surface area contributed by atoms with Crippen molar-refractivity contribution in [3.05, 3.63) is 71.5 Å². The van der Waals surface area contributed by atoms with Crippen LogP contribution in [0.15, 0.2) is 65.9 Å². The van der Waals surface area contributed by atoms with E-state index in [9.17, 15) is 10.2 Å².